The molecule has 0 amide bonds. The van der Waals surface area contributed by atoms with Gasteiger partial charge in [-0.05, 0) is 32.1 Å². The van der Waals surface area contributed by atoms with Gasteiger partial charge in [-0.15, -0.1) is 17.0 Å². The number of hydrogen-bond donors (Lipinski definition) is 1. The van der Waals surface area contributed by atoms with E-state index in [1.165, 1.54) is 107 Å². The molecule has 1 N–H and O–H groups in total. The summed E-state index contributed by atoms with van der Waals surface area (Å²) in [6, 6.07) is 0. The molecule has 0 saturated carbocycles. The van der Waals surface area contributed by atoms with Gasteiger partial charge in [-0.1, -0.05) is 77.6 Å². The van der Waals surface area contributed by atoms with Crippen molar-refractivity contribution in [3.63, 3.8) is 0 Å². The molecule has 0 atom stereocenters. The number of carboxylic acid groups (broad SMARTS) is 1. The molecule has 0 aliphatic rings. The van der Waals surface area contributed by atoms with Crippen molar-refractivity contribution in [3.05, 3.63) is 0 Å². The summed E-state index contributed by atoms with van der Waals surface area (Å²) in [5.74, 6) is -0.655. The minimum absolute atomic E-state index is 0. The summed E-state index contributed by atoms with van der Waals surface area (Å²) < 4.78 is 1.19. The van der Waals surface area contributed by atoms with Crippen molar-refractivity contribution in [2.24, 2.45) is 0 Å². The highest BCUT2D eigenvalue weighted by Gasteiger charge is 2.13. The molecular formula is C23H49BrNO2+. The molecule has 0 aromatic rings. The molecular weight excluding hydrogens is 402 g/mol. The van der Waals surface area contributed by atoms with E-state index >= 15 is 0 Å². The van der Waals surface area contributed by atoms with Gasteiger partial charge >= 0.3 is 5.97 Å². The fourth-order valence-electron chi connectivity index (χ4n) is 3.66. The monoisotopic (exact) mass is 450 g/mol. The Labute approximate surface area is 180 Å². The van der Waals surface area contributed by atoms with E-state index in [2.05, 4.69) is 21.0 Å². The quantitative estimate of drug-likeness (QED) is 0.155. The van der Waals surface area contributed by atoms with Gasteiger partial charge in [0.25, 0.3) is 0 Å². The van der Waals surface area contributed by atoms with E-state index in [0.29, 0.717) is 6.42 Å². The van der Waals surface area contributed by atoms with Crippen molar-refractivity contribution in [1.82, 2.24) is 0 Å². The van der Waals surface area contributed by atoms with Gasteiger partial charge in [0.05, 0.1) is 27.2 Å². The molecule has 0 aromatic carbocycles. The van der Waals surface area contributed by atoms with Crippen molar-refractivity contribution in [3.8, 4) is 0 Å². The zero-order chi connectivity index (χ0) is 19.5. The van der Waals surface area contributed by atoms with E-state index < -0.39 is 5.97 Å². The first-order valence-electron chi connectivity index (χ1n) is 11.5. The molecule has 0 fully saturated rings. The van der Waals surface area contributed by atoms with Gasteiger partial charge in [0.1, 0.15) is 0 Å². The van der Waals surface area contributed by atoms with Gasteiger partial charge in [-0.3, -0.25) is 4.79 Å². The molecule has 0 aliphatic carbocycles. The van der Waals surface area contributed by atoms with Crippen molar-refractivity contribution >= 4 is 23.0 Å². The Morgan fingerprint density at radius 3 is 1.33 bits per heavy atom. The maximum Gasteiger partial charge on any atom is 0.303 e. The number of hydrogen-bond acceptors (Lipinski definition) is 1. The van der Waals surface area contributed by atoms with E-state index in [1.807, 2.05) is 0 Å². The SMILES string of the molecule is Br.CCCCCCCCCC[N+](C)(C)CCCCCCCCCCC(=O)O. The zero-order valence-corrected chi connectivity index (χ0v) is 20.4. The van der Waals surface area contributed by atoms with Crippen LogP contribution in [-0.2, 0) is 4.79 Å². The molecule has 0 aromatic heterocycles. The lowest BCUT2D eigenvalue weighted by molar-refractivity contribution is -0.890. The van der Waals surface area contributed by atoms with Crippen LogP contribution in [0.1, 0.15) is 116 Å². The Morgan fingerprint density at radius 2 is 0.963 bits per heavy atom. The average molecular weight is 452 g/mol. The average Bonchev–Trinajstić information content (AvgIpc) is 2.58. The lowest BCUT2D eigenvalue weighted by Crippen LogP contribution is -2.41. The van der Waals surface area contributed by atoms with Crippen LogP contribution in [-0.4, -0.2) is 42.7 Å². The topological polar surface area (TPSA) is 37.3 Å². The van der Waals surface area contributed by atoms with Crippen LogP contribution in [0, 0.1) is 0 Å². The fourth-order valence-corrected chi connectivity index (χ4v) is 3.66. The van der Waals surface area contributed by atoms with Crippen LogP contribution in [0.15, 0.2) is 0 Å². The van der Waals surface area contributed by atoms with Gasteiger partial charge < -0.3 is 9.59 Å². The second-order valence-electron chi connectivity index (χ2n) is 8.83. The van der Waals surface area contributed by atoms with E-state index in [9.17, 15) is 4.79 Å². The molecule has 0 aliphatic heterocycles. The number of quaternary nitrogens is 1. The predicted molar refractivity (Wildman–Crippen MR) is 124 cm³/mol. The molecule has 4 heteroatoms. The second kappa shape index (κ2) is 20.6. The Kier molecular flexibility index (Phi) is 22.3. The van der Waals surface area contributed by atoms with Crippen LogP contribution < -0.4 is 0 Å². The molecule has 0 heterocycles. The Balaban J connectivity index is 0. The summed E-state index contributed by atoms with van der Waals surface area (Å²) in [5, 5.41) is 8.60. The summed E-state index contributed by atoms with van der Waals surface area (Å²) in [6.07, 6.45) is 21.4. The Bertz CT molecular complexity index is 322. The van der Waals surface area contributed by atoms with Crippen molar-refractivity contribution in [2.75, 3.05) is 27.2 Å². The van der Waals surface area contributed by atoms with Gasteiger partial charge in [-0.2, -0.15) is 0 Å². The van der Waals surface area contributed by atoms with Crippen molar-refractivity contribution in [2.45, 2.75) is 116 Å². The van der Waals surface area contributed by atoms with Crippen LogP contribution >= 0.6 is 17.0 Å². The third kappa shape index (κ3) is 23.9. The maximum absolute atomic E-state index is 10.4. The fraction of sp³-hybridized carbons (Fsp3) is 0.957. The van der Waals surface area contributed by atoms with Crippen LogP contribution in [0.4, 0.5) is 0 Å². The molecule has 27 heavy (non-hydrogen) atoms. The van der Waals surface area contributed by atoms with Gasteiger partial charge in [0.15, 0.2) is 0 Å². The van der Waals surface area contributed by atoms with Crippen LogP contribution in [0.3, 0.4) is 0 Å². The number of aliphatic carboxylic acids is 1. The second-order valence-corrected chi connectivity index (χ2v) is 8.83. The predicted octanol–water partition coefficient (Wildman–Crippen LogP) is 7.38. The molecule has 0 saturated heterocycles. The van der Waals surface area contributed by atoms with Crippen molar-refractivity contribution < 1.29 is 14.4 Å². The summed E-state index contributed by atoms with van der Waals surface area (Å²) >= 11 is 0. The summed E-state index contributed by atoms with van der Waals surface area (Å²) in [5.41, 5.74) is 0. The number of carbonyl (C=O) groups is 1. The first-order chi connectivity index (χ1) is 12.5. The normalized spacial score (nSPS) is 11.4. The third-order valence-electron chi connectivity index (χ3n) is 5.52. The largest absolute Gasteiger partial charge is 0.481 e. The van der Waals surface area contributed by atoms with Crippen LogP contribution in [0.2, 0.25) is 0 Å². The molecule has 0 radical (unpaired) electrons. The zero-order valence-electron chi connectivity index (χ0n) is 18.6. The lowest BCUT2D eigenvalue weighted by atomic mass is 10.1. The van der Waals surface area contributed by atoms with E-state index in [0.717, 1.165) is 12.8 Å². The maximum atomic E-state index is 10.4. The number of carboxylic acids is 1. The standard InChI is InChI=1S/C23H47NO2.BrH/c1-4-5-6-7-8-12-15-18-21-24(2,3)22-19-16-13-10-9-11-14-17-20-23(25)26;/h4-22H2,1-3H3;1H/p+1. The summed E-state index contributed by atoms with van der Waals surface area (Å²) in [7, 11) is 4.79. The van der Waals surface area contributed by atoms with E-state index in [-0.39, 0.29) is 17.0 Å². The number of rotatable bonds is 20. The highest BCUT2D eigenvalue weighted by molar-refractivity contribution is 8.93. The highest BCUT2D eigenvalue weighted by Crippen LogP contribution is 2.13. The van der Waals surface area contributed by atoms with Crippen LogP contribution in [0.25, 0.3) is 0 Å². The molecule has 0 bridgehead atoms. The first kappa shape index (κ1) is 29.1. The minimum Gasteiger partial charge on any atom is -0.481 e. The summed E-state index contributed by atoms with van der Waals surface area (Å²) in [6.45, 7) is 4.93. The summed E-state index contributed by atoms with van der Waals surface area (Å²) in [4.78, 5) is 10.4. The smallest absolute Gasteiger partial charge is 0.303 e. The molecule has 164 valence electrons. The molecule has 3 nitrogen and oxygen atoms in total. The molecule has 0 rings (SSSR count). The Hall–Kier alpha value is -0.0900. The van der Waals surface area contributed by atoms with Crippen LogP contribution in [0.5, 0.6) is 0 Å². The van der Waals surface area contributed by atoms with E-state index in [1.54, 1.807) is 0 Å². The van der Waals surface area contributed by atoms with Crippen molar-refractivity contribution in [1.29, 1.82) is 0 Å². The van der Waals surface area contributed by atoms with Gasteiger partial charge in [0, 0.05) is 6.42 Å². The van der Waals surface area contributed by atoms with Gasteiger partial charge in [0.2, 0.25) is 0 Å². The molecule has 0 spiro atoms. The molecule has 0 unspecified atom stereocenters. The van der Waals surface area contributed by atoms with E-state index in [4.69, 9.17) is 5.11 Å². The minimum atomic E-state index is -0.655. The lowest BCUT2D eigenvalue weighted by Gasteiger charge is -2.30. The number of halogens is 1. The first-order valence-corrected chi connectivity index (χ1v) is 11.5. The highest BCUT2D eigenvalue weighted by atomic mass is 79.9. The number of nitrogens with zero attached hydrogens (tertiary/aromatic N) is 1. The third-order valence-corrected chi connectivity index (χ3v) is 5.52. The van der Waals surface area contributed by atoms with Gasteiger partial charge in [-0.25, -0.2) is 0 Å². The Morgan fingerprint density at radius 1 is 0.630 bits per heavy atom. The number of unbranched alkanes of at least 4 members (excludes halogenated alkanes) is 14.